The van der Waals surface area contributed by atoms with Gasteiger partial charge < -0.3 is 19.5 Å². The van der Waals surface area contributed by atoms with Gasteiger partial charge in [-0.25, -0.2) is 0 Å². The number of ether oxygens (including phenoxy) is 2. The summed E-state index contributed by atoms with van der Waals surface area (Å²) in [5.74, 6) is 0.0752. The van der Waals surface area contributed by atoms with E-state index in [1.807, 2.05) is 0 Å². The van der Waals surface area contributed by atoms with Crippen molar-refractivity contribution in [2.45, 2.75) is 26.7 Å². The van der Waals surface area contributed by atoms with E-state index >= 15 is 0 Å². The van der Waals surface area contributed by atoms with E-state index in [1.165, 1.54) is 0 Å². The monoisotopic (exact) mass is 335 g/mol. The van der Waals surface area contributed by atoms with Crippen LogP contribution < -0.4 is 9.47 Å². The molecule has 132 valence electrons. The highest BCUT2D eigenvalue weighted by atomic mass is 16.5. The van der Waals surface area contributed by atoms with Crippen molar-refractivity contribution < 1.29 is 24.2 Å². The van der Waals surface area contributed by atoms with Gasteiger partial charge in [0, 0.05) is 19.2 Å². The van der Waals surface area contributed by atoms with Gasteiger partial charge >= 0.3 is 5.97 Å². The number of hydrogen-bond acceptors (Lipinski definition) is 4. The number of carboxylic acid groups (broad SMARTS) is 1. The van der Waals surface area contributed by atoms with Gasteiger partial charge in [-0.1, -0.05) is 13.8 Å². The number of nitrogens with zero attached hydrogens (tertiary/aromatic N) is 1. The van der Waals surface area contributed by atoms with Crippen molar-refractivity contribution >= 4 is 11.9 Å². The Balaban J connectivity index is 2.15. The van der Waals surface area contributed by atoms with Crippen LogP contribution in [0.3, 0.4) is 0 Å². The fourth-order valence-corrected chi connectivity index (χ4v) is 2.65. The first-order valence-corrected chi connectivity index (χ1v) is 8.25. The van der Waals surface area contributed by atoms with Crippen LogP contribution in [0.1, 0.15) is 37.0 Å². The Morgan fingerprint density at radius 1 is 1.38 bits per heavy atom. The van der Waals surface area contributed by atoms with E-state index in [0.29, 0.717) is 42.6 Å². The molecule has 1 fully saturated rings. The number of likely N-dealkylation sites (tertiary alicyclic amines) is 1. The molecule has 0 bridgehead atoms. The van der Waals surface area contributed by atoms with Crippen molar-refractivity contribution in [2.24, 2.45) is 11.8 Å². The molecule has 1 heterocycles. The summed E-state index contributed by atoms with van der Waals surface area (Å²) in [7, 11) is 1.56. The molecule has 0 spiro atoms. The molecular formula is C18H25NO5. The Kier molecular flexibility index (Phi) is 6.06. The van der Waals surface area contributed by atoms with Crippen LogP contribution in [0.25, 0.3) is 0 Å². The largest absolute Gasteiger partial charge is 0.497 e. The van der Waals surface area contributed by atoms with Gasteiger partial charge in [0.25, 0.3) is 5.91 Å². The minimum atomic E-state index is -0.853. The van der Waals surface area contributed by atoms with Gasteiger partial charge in [-0.2, -0.15) is 0 Å². The number of aliphatic carboxylic acids is 1. The fraction of sp³-hybridized carbons (Fsp3) is 0.556. The van der Waals surface area contributed by atoms with Gasteiger partial charge in [-0.3, -0.25) is 9.59 Å². The SMILES string of the molecule is COc1ccc(C(=O)N2CCC(C(=O)O)C2)c(OCCC(C)C)c1. The molecule has 1 unspecified atom stereocenters. The Morgan fingerprint density at radius 2 is 2.12 bits per heavy atom. The Labute approximate surface area is 142 Å². The van der Waals surface area contributed by atoms with Gasteiger partial charge in [0.2, 0.25) is 0 Å². The second-order valence-electron chi connectivity index (χ2n) is 6.47. The first-order chi connectivity index (χ1) is 11.4. The summed E-state index contributed by atoms with van der Waals surface area (Å²) in [5.41, 5.74) is 0.450. The lowest BCUT2D eigenvalue weighted by Gasteiger charge is -2.19. The molecule has 0 radical (unpaired) electrons. The second-order valence-corrected chi connectivity index (χ2v) is 6.47. The summed E-state index contributed by atoms with van der Waals surface area (Å²) in [6.45, 7) is 5.43. The van der Waals surface area contributed by atoms with Gasteiger partial charge in [0.15, 0.2) is 0 Å². The molecule has 1 aliphatic heterocycles. The van der Waals surface area contributed by atoms with Crippen LogP contribution in [-0.2, 0) is 4.79 Å². The lowest BCUT2D eigenvalue weighted by molar-refractivity contribution is -0.141. The molecule has 1 aromatic rings. The lowest BCUT2D eigenvalue weighted by atomic mass is 10.1. The summed E-state index contributed by atoms with van der Waals surface area (Å²) >= 11 is 0. The van der Waals surface area contributed by atoms with E-state index in [2.05, 4.69) is 13.8 Å². The quantitative estimate of drug-likeness (QED) is 0.829. The third-order valence-electron chi connectivity index (χ3n) is 4.20. The Bertz CT molecular complexity index is 599. The van der Waals surface area contributed by atoms with Crippen LogP contribution >= 0.6 is 0 Å². The van der Waals surface area contributed by atoms with Gasteiger partial charge in [0.05, 0.1) is 25.2 Å². The summed E-state index contributed by atoms with van der Waals surface area (Å²) in [4.78, 5) is 25.4. The minimum Gasteiger partial charge on any atom is -0.497 e. The Hall–Kier alpha value is -2.24. The van der Waals surface area contributed by atoms with Gasteiger partial charge in [-0.05, 0) is 30.9 Å². The number of benzene rings is 1. The summed E-state index contributed by atoms with van der Waals surface area (Å²) in [6, 6.07) is 5.10. The average Bonchev–Trinajstić information content (AvgIpc) is 3.04. The van der Waals surface area contributed by atoms with Crippen LogP contribution in [0.4, 0.5) is 0 Å². The van der Waals surface area contributed by atoms with Crippen LogP contribution in [-0.4, -0.2) is 48.7 Å². The number of carbonyl (C=O) groups is 2. The van der Waals surface area contributed by atoms with Crippen LogP contribution in [0.15, 0.2) is 18.2 Å². The van der Waals surface area contributed by atoms with Crippen molar-refractivity contribution in [2.75, 3.05) is 26.8 Å². The summed E-state index contributed by atoms with van der Waals surface area (Å²) in [5, 5.41) is 9.10. The molecule has 0 saturated carbocycles. The van der Waals surface area contributed by atoms with Gasteiger partial charge in [0.1, 0.15) is 11.5 Å². The zero-order valence-electron chi connectivity index (χ0n) is 14.4. The molecule has 1 amide bonds. The average molecular weight is 335 g/mol. The summed E-state index contributed by atoms with van der Waals surface area (Å²) < 4.78 is 11.0. The molecule has 6 heteroatoms. The first-order valence-electron chi connectivity index (χ1n) is 8.25. The predicted molar refractivity (Wildman–Crippen MR) is 89.6 cm³/mol. The molecule has 6 nitrogen and oxygen atoms in total. The maximum absolute atomic E-state index is 12.7. The minimum absolute atomic E-state index is 0.194. The molecule has 2 rings (SSSR count). The number of carbonyl (C=O) groups excluding carboxylic acids is 1. The standard InChI is InChI=1S/C18H25NO5/c1-12(2)7-9-24-16-10-14(23-3)4-5-15(16)17(20)19-8-6-13(11-19)18(21)22/h4-5,10,12-13H,6-9,11H2,1-3H3,(H,21,22). The van der Waals surface area contributed by atoms with Crippen molar-refractivity contribution in [3.05, 3.63) is 23.8 Å². The molecule has 0 aromatic heterocycles. The lowest BCUT2D eigenvalue weighted by Crippen LogP contribution is -2.30. The third-order valence-corrected chi connectivity index (χ3v) is 4.20. The van der Waals surface area contributed by atoms with Crippen molar-refractivity contribution in [1.29, 1.82) is 0 Å². The van der Waals surface area contributed by atoms with E-state index < -0.39 is 11.9 Å². The van der Waals surface area contributed by atoms with E-state index in [9.17, 15) is 9.59 Å². The highest BCUT2D eigenvalue weighted by Gasteiger charge is 2.32. The molecule has 1 aliphatic rings. The molecule has 24 heavy (non-hydrogen) atoms. The highest BCUT2D eigenvalue weighted by molar-refractivity contribution is 5.97. The number of carboxylic acids is 1. The molecule has 1 saturated heterocycles. The van der Waals surface area contributed by atoms with Crippen LogP contribution in [0.2, 0.25) is 0 Å². The normalized spacial score (nSPS) is 17.2. The van der Waals surface area contributed by atoms with E-state index in [4.69, 9.17) is 14.6 Å². The third kappa shape index (κ3) is 4.40. The first kappa shape index (κ1) is 18.1. The zero-order valence-corrected chi connectivity index (χ0v) is 14.4. The van der Waals surface area contributed by atoms with Gasteiger partial charge in [-0.15, -0.1) is 0 Å². The molecular weight excluding hydrogens is 310 g/mol. The fourth-order valence-electron chi connectivity index (χ4n) is 2.65. The maximum atomic E-state index is 12.7. The van der Waals surface area contributed by atoms with E-state index in [1.54, 1.807) is 30.2 Å². The topological polar surface area (TPSA) is 76.1 Å². The van der Waals surface area contributed by atoms with Crippen molar-refractivity contribution in [1.82, 2.24) is 4.90 Å². The second kappa shape index (κ2) is 8.04. The van der Waals surface area contributed by atoms with E-state index in [0.717, 1.165) is 6.42 Å². The Morgan fingerprint density at radius 3 is 2.71 bits per heavy atom. The molecule has 1 N–H and O–H groups in total. The molecule has 1 aromatic carbocycles. The van der Waals surface area contributed by atoms with Crippen LogP contribution in [0, 0.1) is 11.8 Å². The van der Waals surface area contributed by atoms with Crippen molar-refractivity contribution in [3.63, 3.8) is 0 Å². The summed E-state index contributed by atoms with van der Waals surface area (Å²) in [6.07, 6.45) is 1.37. The van der Waals surface area contributed by atoms with Crippen molar-refractivity contribution in [3.8, 4) is 11.5 Å². The van der Waals surface area contributed by atoms with E-state index in [-0.39, 0.29) is 12.5 Å². The predicted octanol–water partition coefficient (Wildman–Crippen LogP) is 2.67. The zero-order chi connectivity index (χ0) is 17.7. The molecule has 1 atom stereocenters. The molecule has 0 aliphatic carbocycles. The number of methoxy groups -OCH3 is 1. The number of amides is 1. The maximum Gasteiger partial charge on any atom is 0.308 e. The smallest absolute Gasteiger partial charge is 0.308 e. The number of rotatable bonds is 7. The number of hydrogen-bond donors (Lipinski definition) is 1. The van der Waals surface area contributed by atoms with Crippen LogP contribution in [0.5, 0.6) is 11.5 Å². The highest BCUT2D eigenvalue weighted by Crippen LogP contribution is 2.28.